The summed E-state index contributed by atoms with van der Waals surface area (Å²) >= 11 is 18.8. The molecule has 1 aliphatic rings. The molecular weight excluding hydrogens is 365 g/mol. The molecule has 0 saturated heterocycles. The fourth-order valence-electron chi connectivity index (χ4n) is 2.97. The summed E-state index contributed by atoms with van der Waals surface area (Å²) in [6.07, 6.45) is 0.896. The van der Waals surface area contributed by atoms with Gasteiger partial charge in [-0.05, 0) is 49.2 Å². The molecule has 0 bridgehead atoms. The van der Waals surface area contributed by atoms with Crippen molar-refractivity contribution in [2.24, 2.45) is 0 Å². The highest BCUT2D eigenvalue weighted by Gasteiger charge is 2.25. The molecule has 0 spiro atoms. The van der Waals surface area contributed by atoms with Crippen LogP contribution in [0.5, 0.6) is 0 Å². The molecule has 0 aliphatic carbocycles. The van der Waals surface area contributed by atoms with Gasteiger partial charge >= 0.3 is 0 Å². The second-order valence-electron chi connectivity index (χ2n) is 5.82. The average molecular weight is 379 g/mol. The van der Waals surface area contributed by atoms with Gasteiger partial charge in [-0.2, -0.15) is 5.10 Å². The molecule has 0 unspecified atom stereocenters. The Morgan fingerprint density at radius 3 is 2.67 bits per heavy atom. The molecule has 2 heterocycles. The Hall–Kier alpha value is -1.68. The minimum atomic E-state index is 0.640. The molecule has 0 saturated carbocycles. The molecule has 3 nitrogen and oxygen atoms in total. The van der Waals surface area contributed by atoms with Gasteiger partial charge < -0.3 is 5.32 Å². The number of anilines is 1. The monoisotopic (exact) mass is 377 g/mol. The van der Waals surface area contributed by atoms with Gasteiger partial charge in [-0.1, -0.05) is 40.9 Å². The van der Waals surface area contributed by atoms with Gasteiger partial charge in [0, 0.05) is 27.7 Å². The van der Waals surface area contributed by atoms with E-state index in [1.54, 1.807) is 12.1 Å². The lowest BCUT2D eigenvalue weighted by atomic mass is 10.1. The molecule has 0 radical (unpaired) electrons. The maximum Gasteiger partial charge on any atom is 0.133 e. The quantitative estimate of drug-likeness (QED) is 0.613. The van der Waals surface area contributed by atoms with E-state index in [1.165, 1.54) is 0 Å². The van der Waals surface area contributed by atoms with Crippen molar-refractivity contribution in [2.75, 3.05) is 11.9 Å². The van der Waals surface area contributed by atoms with Crippen molar-refractivity contribution in [1.82, 2.24) is 9.78 Å². The SMILES string of the molecule is Cc1ccc(-n2nc(-c3cc(Cl)ccc3Cl)c3c2NCC3)cc1Cl. The summed E-state index contributed by atoms with van der Waals surface area (Å²) in [5, 5.41) is 10.2. The molecule has 4 rings (SSSR count). The molecule has 1 aliphatic heterocycles. The minimum absolute atomic E-state index is 0.640. The molecule has 1 aromatic heterocycles. The highest BCUT2D eigenvalue weighted by molar-refractivity contribution is 6.35. The second kappa shape index (κ2) is 5.99. The van der Waals surface area contributed by atoms with Crippen LogP contribution in [-0.4, -0.2) is 16.3 Å². The third-order valence-electron chi connectivity index (χ3n) is 4.23. The molecule has 122 valence electrons. The lowest BCUT2D eigenvalue weighted by Gasteiger charge is -2.08. The number of nitrogens with zero attached hydrogens (tertiary/aromatic N) is 2. The van der Waals surface area contributed by atoms with Crippen LogP contribution in [0.1, 0.15) is 11.1 Å². The van der Waals surface area contributed by atoms with Crippen molar-refractivity contribution in [3.05, 3.63) is 62.6 Å². The van der Waals surface area contributed by atoms with Crippen LogP contribution in [0.3, 0.4) is 0 Å². The van der Waals surface area contributed by atoms with E-state index in [4.69, 9.17) is 39.9 Å². The van der Waals surface area contributed by atoms with Crippen molar-refractivity contribution < 1.29 is 0 Å². The number of hydrogen-bond donors (Lipinski definition) is 1. The van der Waals surface area contributed by atoms with Gasteiger partial charge in [-0.15, -0.1) is 0 Å². The standard InChI is InChI=1S/C18H14Cl3N3/c1-10-2-4-12(9-16(10)21)24-18-13(6-7-22-18)17(23-24)14-8-11(19)3-5-15(14)20/h2-5,8-9,22H,6-7H2,1H3. The van der Waals surface area contributed by atoms with E-state index < -0.39 is 0 Å². The Labute approximate surface area is 155 Å². The lowest BCUT2D eigenvalue weighted by molar-refractivity contribution is 0.882. The van der Waals surface area contributed by atoms with E-state index in [9.17, 15) is 0 Å². The first kappa shape index (κ1) is 15.8. The van der Waals surface area contributed by atoms with Crippen molar-refractivity contribution >= 4 is 40.6 Å². The molecule has 24 heavy (non-hydrogen) atoms. The van der Waals surface area contributed by atoms with Crippen LogP contribution in [0.15, 0.2) is 36.4 Å². The Balaban J connectivity index is 1.92. The van der Waals surface area contributed by atoms with E-state index in [-0.39, 0.29) is 0 Å². The number of halogens is 3. The van der Waals surface area contributed by atoms with E-state index in [2.05, 4.69) is 5.32 Å². The smallest absolute Gasteiger partial charge is 0.133 e. The van der Waals surface area contributed by atoms with Gasteiger partial charge in [-0.3, -0.25) is 0 Å². The molecule has 2 aromatic carbocycles. The third-order valence-corrected chi connectivity index (χ3v) is 5.21. The van der Waals surface area contributed by atoms with Gasteiger partial charge in [0.05, 0.1) is 16.4 Å². The summed E-state index contributed by atoms with van der Waals surface area (Å²) in [6.45, 7) is 2.85. The molecule has 6 heteroatoms. The summed E-state index contributed by atoms with van der Waals surface area (Å²) in [5.74, 6) is 0.987. The van der Waals surface area contributed by atoms with E-state index >= 15 is 0 Å². The first-order valence-corrected chi connectivity index (χ1v) is 8.75. The Morgan fingerprint density at radius 2 is 1.88 bits per heavy atom. The molecule has 1 N–H and O–H groups in total. The Bertz CT molecular complexity index is 947. The van der Waals surface area contributed by atoms with E-state index in [1.807, 2.05) is 35.9 Å². The van der Waals surface area contributed by atoms with Gasteiger partial charge in [0.2, 0.25) is 0 Å². The number of rotatable bonds is 2. The van der Waals surface area contributed by atoms with Gasteiger partial charge in [0.25, 0.3) is 0 Å². The molecular formula is C18H14Cl3N3. The first-order chi connectivity index (χ1) is 11.5. The largest absolute Gasteiger partial charge is 0.369 e. The summed E-state index contributed by atoms with van der Waals surface area (Å²) in [7, 11) is 0. The van der Waals surface area contributed by atoms with Crippen LogP contribution in [-0.2, 0) is 6.42 Å². The summed E-state index contributed by atoms with van der Waals surface area (Å²) < 4.78 is 1.89. The second-order valence-corrected chi connectivity index (χ2v) is 7.07. The normalized spacial score (nSPS) is 13.0. The number of fused-ring (bicyclic) bond motifs is 1. The number of benzene rings is 2. The van der Waals surface area contributed by atoms with Crippen LogP contribution in [0, 0.1) is 6.92 Å². The zero-order valence-corrected chi connectivity index (χ0v) is 15.2. The molecule has 0 amide bonds. The number of nitrogens with one attached hydrogen (secondary N) is 1. The zero-order chi connectivity index (χ0) is 16.8. The van der Waals surface area contributed by atoms with Gasteiger partial charge in [0.1, 0.15) is 5.82 Å². The topological polar surface area (TPSA) is 29.9 Å². The van der Waals surface area contributed by atoms with Crippen LogP contribution >= 0.6 is 34.8 Å². The van der Waals surface area contributed by atoms with Crippen molar-refractivity contribution in [2.45, 2.75) is 13.3 Å². The third kappa shape index (κ3) is 2.57. The van der Waals surface area contributed by atoms with E-state index in [0.717, 1.165) is 51.9 Å². The highest BCUT2D eigenvalue weighted by Crippen LogP contribution is 2.38. The van der Waals surface area contributed by atoms with Crippen LogP contribution in [0.25, 0.3) is 16.9 Å². The maximum atomic E-state index is 6.38. The van der Waals surface area contributed by atoms with Crippen molar-refractivity contribution in [3.63, 3.8) is 0 Å². The molecule has 0 atom stereocenters. The predicted octanol–water partition coefficient (Wildman–Crippen LogP) is 5.78. The molecule has 0 fully saturated rings. The van der Waals surface area contributed by atoms with Gasteiger partial charge in [0.15, 0.2) is 0 Å². The Kier molecular flexibility index (Phi) is 3.95. The minimum Gasteiger partial charge on any atom is -0.369 e. The fourth-order valence-corrected chi connectivity index (χ4v) is 3.52. The van der Waals surface area contributed by atoms with Crippen LogP contribution in [0.2, 0.25) is 15.1 Å². The van der Waals surface area contributed by atoms with E-state index in [0.29, 0.717) is 10.0 Å². The Morgan fingerprint density at radius 1 is 1.04 bits per heavy atom. The summed E-state index contributed by atoms with van der Waals surface area (Å²) in [4.78, 5) is 0. The number of hydrogen-bond acceptors (Lipinski definition) is 2. The van der Waals surface area contributed by atoms with Crippen LogP contribution < -0.4 is 5.32 Å². The first-order valence-electron chi connectivity index (χ1n) is 7.62. The van der Waals surface area contributed by atoms with Gasteiger partial charge in [-0.25, -0.2) is 4.68 Å². The average Bonchev–Trinajstić information content (AvgIpc) is 3.15. The van der Waals surface area contributed by atoms with Crippen molar-refractivity contribution in [3.8, 4) is 16.9 Å². The molecule has 3 aromatic rings. The highest BCUT2D eigenvalue weighted by atomic mass is 35.5. The van der Waals surface area contributed by atoms with Crippen molar-refractivity contribution in [1.29, 1.82) is 0 Å². The number of aromatic nitrogens is 2. The summed E-state index contributed by atoms with van der Waals surface area (Å²) in [6, 6.07) is 11.4. The lowest BCUT2D eigenvalue weighted by Crippen LogP contribution is -2.04. The fraction of sp³-hybridized carbons (Fsp3) is 0.167. The van der Waals surface area contributed by atoms with Crippen LogP contribution in [0.4, 0.5) is 5.82 Å². The maximum absolute atomic E-state index is 6.38. The summed E-state index contributed by atoms with van der Waals surface area (Å²) in [5.41, 5.74) is 4.81. The predicted molar refractivity (Wildman–Crippen MR) is 101 cm³/mol. The number of aryl methyl sites for hydroxylation is 1. The zero-order valence-electron chi connectivity index (χ0n) is 12.9.